The summed E-state index contributed by atoms with van der Waals surface area (Å²) in [6.45, 7) is 4.85. The Morgan fingerprint density at radius 3 is 2.14 bits per heavy atom. The molecule has 0 saturated heterocycles. The van der Waals surface area contributed by atoms with Gasteiger partial charge in [-0.15, -0.1) is 0 Å². The van der Waals surface area contributed by atoms with Crippen LogP contribution in [-0.4, -0.2) is 6.54 Å². The predicted molar refractivity (Wildman–Crippen MR) is 62.4 cm³/mol. The molecule has 0 amide bonds. The van der Waals surface area contributed by atoms with E-state index in [0.717, 1.165) is 0 Å². The van der Waals surface area contributed by atoms with Gasteiger partial charge in [0.1, 0.15) is 0 Å². The number of hydrogen-bond donors (Lipinski definition) is 0. The van der Waals surface area contributed by atoms with E-state index in [1.54, 1.807) is 0 Å². The summed E-state index contributed by atoms with van der Waals surface area (Å²) in [5.74, 6) is 0.489. The Bertz CT molecular complexity index is 125. The van der Waals surface area contributed by atoms with Crippen molar-refractivity contribution >= 4 is 0 Å². The van der Waals surface area contributed by atoms with Crippen LogP contribution in [0.15, 0.2) is 5.18 Å². The zero-order chi connectivity index (χ0) is 10.6. The first kappa shape index (κ1) is 13.6. The molecule has 1 unspecified atom stereocenters. The lowest BCUT2D eigenvalue weighted by Gasteiger charge is -2.05. The highest BCUT2D eigenvalue weighted by Gasteiger charge is 2.00. The average Bonchev–Trinajstić information content (AvgIpc) is 2.17. The van der Waals surface area contributed by atoms with E-state index in [4.69, 9.17) is 0 Å². The number of rotatable bonds is 10. The maximum Gasteiger partial charge on any atom is 0.0836 e. The van der Waals surface area contributed by atoms with Gasteiger partial charge in [-0.3, -0.25) is 0 Å². The van der Waals surface area contributed by atoms with Crippen molar-refractivity contribution in [2.45, 2.75) is 65.2 Å². The maximum absolute atomic E-state index is 9.97. The summed E-state index contributed by atoms with van der Waals surface area (Å²) in [6, 6.07) is 0. The molecule has 0 aromatic rings. The molecule has 0 bridgehead atoms. The van der Waals surface area contributed by atoms with Gasteiger partial charge >= 0.3 is 0 Å². The van der Waals surface area contributed by atoms with Crippen LogP contribution in [0.2, 0.25) is 0 Å². The van der Waals surface area contributed by atoms with Crippen LogP contribution < -0.4 is 0 Å². The van der Waals surface area contributed by atoms with Gasteiger partial charge in [0.05, 0.1) is 6.54 Å². The molecule has 0 fully saturated rings. The van der Waals surface area contributed by atoms with E-state index in [1.807, 2.05) is 0 Å². The fourth-order valence-corrected chi connectivity index (χ4v) is 1.67. The third-order valence-electron chi connectivity index (χ3n) is 2.69. The van der Waals surface area contributed by atoms with Gasteiger partial charge in [0.25, 0.3) is 0 Å². The van der Waals surface area contributed by atoms with Crippen LogP contribution in [-0.2, 0) is 0 Å². The normalized spacial score (nSPS) is 12.7. The van der Waals surface area contributed by atoms with E-state index in [2.05, 4.69) is 19.0 Å². The molecule has 0 saturated carbocycles. The largest absolute Gasteiger partial charge is 0.151 e. The molecular weight excluding hydrogens is 174 g/mol. The third kappa shape index (κ3) is 9.69. The van der Waals surface area contributed by atoms with E-state index < -0.39 is 0 Å². The predicted octanol–water partition coefficient (Wildman–Crippen LogP) is 4.53. The van der Waals surface area contributed by atoms with E-state index >= 15 is 0 Å². The molecule has 0 aliphatic carbocycles. The SMILES string of the molecule is CCCCCCCCCC(C)CN=O. The van der Waals surface area contributed by atoms with E-state index in [0.29, 0.717) is 12.5 Å². The molecule has 0 aromatic carbocycles. The first-order valence-electron chi connectivity index (χ1n) is 6.10. The molecule has 0 heterocycles. The molecular formula is C12H25NO. The smallest absolute Gasteiger partial charge is 0.0836 e. The topological polar surface area (TPSA) is 29.4 Å². The summed E-state index contributed by atoms with van der Waals surface area (Å²) < 4.78 is 0. The number of nitrogens with zero attached hydrogens (tertiary/aromatic N) is 1. The third-order valence-corrected chi connectivity index (χ3v) is 2.69. The van der Waals surface area contributed by atoms with Crippen LogP contribution in [0.3, 0.4) is 0 Å². The molecule has 1 atom stereocenters. The standard InChI is InChI=1S/C12H25NO/c1-3-4-5-6-7-8-9-10-12(2)11-13-14/h12H,3-11H2,1-2H3. The van der Waals surface area contributed by atoms with Crippen molar-refractivity contribution in [1.82, 2.24) is 0 Å². The fourth-order valence-electron chi connectivity index (χ4n) is 1.67. The first-order valence-corrected chi connectivity index (χ1v) is 6.10. The fraction of sp³-hybridized carbons (Fsp3) is 1.00. The molecule has 2 heteroatoms. The second-order valence-corrected chi connectivity index (χ2v) is 4.33. The van der Waals surface area contributed by atoms with Gasteiger partial charge < -0.3 is 0 Å². The molecule has 0 spiro atoms. The minimum Gasteiger partial charge on any atom is -0.151 e. The Morgan fingerprint density at radius 1 is 1.00 bits per heavy atom. The van der Waals surface area contributed by atoms with Crippen molar-refractivity contribution in [2.24, 2.45) is 11.1 Å². The summed E-state index contributed by atoms with van der Waals surface area (Å²) in [6.07, 6.45) is 10.6. The molecule has 14 heavy (non-hydrogen) atoms. The van der Waals surface area contributed by atoms with Crippen LogP contribution in [0, 0.1) is 10.8 Å². The second kappa shape index (κ2) is 10.7. The number of nitroso groups, excluding NO2 is 1. The molecule has 0 N–H and O–H groups in total. The van der Waals surface area contributed by atoms with Gasteiger partial charge in [-0.25, -0.2) is 0 Å². The molecule has 0 radical (unpaired) electrons. The molecule has 0 aromatic heterocycles. The molecule has 2 nitrogen and oxygen atoms in total. The lowest BCUT2D eigenvalue weighted by Crippen LogP contribution is -1.98. The van der Waals surface area contributed by atoms with Gasteiger partial charge in [-0.05, 0) is 12.3 Å². The highest BCUT2D eigenvalue weighted by Crippen LogP contribution is 2.12. The molecule has 84 valence electrons. The van der Waals surface area contributed by atoms with Crippen molar-refractivity contribution in [1.29, 1.82) is 0 Å². The number of unbranched alkanes of at least 4 members (excludes halogenated alkanes) is 6. The van der Waals surface area contributed by atoms with Gasteiger partial charge in [-0.2, -0.15) is 4.91 Å². The lowest BCUT2D eigenvalue weighted by molar-refractivity contribution is 0.489. The van der Waals surface area contributed by atoms with Gasteiger partial charge in [-0.1, -0.05) is 64.0 Å². The van der Waals surface area contributed by atoms with Gasteiger partial charge in [0.2, 0.25) is 0 Å². The Morgan fingerprint density at radius 2 is 1.57 bits per heavy atom. The maximum atomic E-state index is 9.97. The highest BCUT2D eigenvalue weighted by molar-refractivity contribution is 4.56. The van der Waals surface area contributed by atoms with Crippen LogP contribution in [0.25, 0.3) is 0 Å². The van der Waals surface area contributed by atoms with Crippen molar-refractivity contribution in [3.05, 3.63) is 4.91 Å². The molecule has 0 rings (SSSR count). The van der Waals surface area contributed by atoms with E-state index in [1.165, 1.54) is 51.4 Å². The summed E-state index contributed by atoms with van der Waals surface area (Å²) in [4.78, 5) is 9.97. The molecule has 0 aliphatic heterocycles. The zero-order valence-electron chi connectivity index (χ0n) is 9.80. The average molecular weight is 199 g/mol. The first-order chi connectivity index (χ1) is 6.81. The van der Waals surface area contributed by atoms with Crippen molar-refractivity contribution in [3.8, 4) is 0 Å². The van der Waals surface area contributed by atoms with Crippen LogP contribution >= 0.6 is 0 Å². The van der Waals surface area contributed by atoms with Gasteiger partial charge in [0, 0.05) is 0 Å². The van der Waals surface area contributed by atoms with Gasteiger partial charge in [0.15, 0.2) is 0 Å². The Balaban J connectivity index is 3.01. The quantitative estimate of drug-likeness (QED) is 0.375. The van der Waals surface area contributed by atoms with Crippen molar-refractivity contribution in [2.75, 3.05) is 6.54 Å². The van der Waals surface area contributed by atoms with Crippen LogP contribution in [0.5, 0.6) is 0 Å². The monoisotopic (exact) mass is 199 g/mol. The van der Waals surface area contributed by atoms with Crippen molar-refractivity contribution in [3.63, 3.8) is 0 Å². The van der Waals surface area contributed by atoms with Crippen LogP contribution in [0.1, 0.15) is 65.2 Å². The zero-order valence-corrected chi connectivity index (χ0v) is 9.80. The lowest BCUT2D eigenvalue weighted by atomic mass is 10.0. The Labute approximate surface area is 88.4 Å². The van der Waals surface area contributed by atoms with Crippen molar-refractivity contribution < 1.29 is 0 Å². The summed E-state index contributed by atoms with van der Waals surface area (Å²) in [5, 5.41) is 2.93. The number of hydrogen-bond acceptors (Lipinski definition) is 2. The summed E-state index contributed by atoms with van der Waals surface area (Å²) >= 11 is 0. The Hall–Kier alpha value is -0.400. The second-order valence-electron chi connectivity index (χ2n) is 4.33. The Kier molecular flexibility index (Phi) is 10.4. The summed E-state index contributed by atoms with van der Waals surface area (Å²) in [5.41, 5.74) is 0. The highest BCUT2D eigenvalue weighted by atomic mass is 16.3. The minimum atomic E-state index is 0.489. The van der Waals surface area contributed by atoms with Crippen LogP contribution in [0.4, 0.5) is 0 Å². The molecule has 0 aliphatic rings. The minimum absolute atomic E-state index is 0.489. The summed E-state index contributed by atoms with van der Waals surface area (Å²) in [7, 11) is 0. The van der Waals surface area contributed by atoms with E-state index in [9.17, 15) is 4.91 Å². The van der Waals surface area contributed by atoms with E-state index in [-0.39, 0.29) is 0 Å².